The van der Waals surface area contributed by atoms with Crippen molar-refractivity contribution in [3.63, 3.8) is 0 Å². The summed E-state index contributed by atoms with van der Waals surface area (Å²) in [5, 5.41) is 7.53. The highest BCUT2D eigenvalue weighted by molar-refractivity contribution is 5.81. The molecular weight excluding hydrogens is 268 g/mol. The molecule has 0 aliphatic carbocycles. The van der Waals surface area contributed by atoms with Crippen LogP contribution in [0, 0.1) is 0 Å². The molecule has 0 saturated carbocycles. The van der Waals surface area contributed by atoms with Crippen molar-refractivity contribution in [2.75, 3.05) is 13.1 Å². The number of hydrogen-bond acceptors (Lipinski definition) is 4. The van der Waals surface area contributed by atoms with Gasteiger partial charge in [-0.3, -0.25) is 9.48 Å². The number of hydrogen-bond donors (Lipinski definition) is 1. The molecule has 0 spiro atoms. The van der Waals surface area contributed by atoms with Crippen molar-refractivity contribution in [3.05, 3.63) is 18.5 Å². The zero-order valence-corrected chi connectivity index (χ0v) is 13.3. The molecule has 21 heavy (non-hydrogen) atoms. The van der Waals surface area contributed by atoms with Crippen molar-refractivity contribution < 1.29 is 9.53 Å². The first-order chi connectivity index (χ1) is 9.95. The third-order valence-corrected chi connectivity index (χ3v) is 3.66. The lowest BCUT2D eigenvalue weighted by atomic mass is 10.2. The molecule has 1 aliphatic rings. The number of amides is 1. The maximum Gasteiger partial charge on any atom is 0.239 e. The molecule has 6 nitrogen and oxygen atoms in total. The minimum atomic E-state index is -0.201. The van der Waals surface area contributed by atoms with E-state index in [1.807, 2.05) is 42.6 Å². The van der Waals surface area contributed by atoms with Crippen molar-refractivity contribution in [1.82, 2.24) is 20.0 Å². The van der Waals surface area contributed by atoms with Crippen LogP contribution in [0.5, 0.6) is 0 Å². The van der Waals surface area contributed by atoms with E-state index >= 15 is 0 Å². The van der Waals surface area contributed by atoms with Crippen molar-refractivity contribution in [2.24, 2.45) is 0 Å². The second-order valence-electron chi connectivity index (χ2n) is 6.02. The molecule has 1 saturated heterocycles. The van der Waals surface area contributed by atoms with Crippen LogP contribution in [0.15, 0.2) is 18.5 Å². The van der Waals surface area contributed by atoms with Gasteiger partial charge < -0.3 is 15.0 Å². The molecule has 2 rings (SSSR count). The minimum Gasteiger partial charge on any atom is -0.372 e. The average molecular weight is 294 g/mol. The van der Waals surface area contributed by atoms with Crippen LogP contribution in [0.2, 0.25) is 0 Å². The van der Waals surface area contributed by atoms with Crippen LogP contribution in [-0.4, -0.2) is 58.0 Å². The highest BCUT2D eigenvalue weighted by atomic mass is 16.5. The molecular formula is C15H26N4O2. The van der Waals surface area contributed by atoms with Gasteiger partial charge in [0.15, 0.2) is 0 Å². The van der Waals surface area contributed by atoms with Gasteiger partial charge in [0.05, 0.1) is 24.8 Å². The summed E-state index contributed by atoms with van der Waals surface area (Å²) in [5.41, 5.74) is 0. The third-order valence-electron chi connectivity index (χ3n) is 3.66. The third kappa shape index (κ3) is 4.54. The van der Waals surface area contributed by atoms with Crippen molar-refractivity contribution in [3.8, 4) is 0 Å². The van der Waals surface area contributed by atoms with Crippen LogP contribution in [-0.2, 0) is 16.1 Å². The van der Waals surface area contributed by atoms with E-state index in [1.165, 1.54) is 0 Å². The molecule has 1 fully saturated rings. The normalized spacial score (nSPS) is 25.6. The van der Waals surface area contributed by atoms with Gasteiger partial charge in [0.2, 0.25) is 5.91 Å². The second-order valence-corrected chi connectivity index (χ2v) is 6.02. The monoisotopic (exact) mass is 294 g/mol. The lowest BCUT2D eigenvalue weighted by Gasteiger charge is -2.37. The molecule has 2 heterocycles. The number of ether oxygens (including phenoxy) is 1. The summed E-state index contributed by atoms with van der Waals surface area (Å²) in [7, 11) is 0. The van der Waals surface area contributed by atoms with Gasteiger partial charge >= 0.3 is 0 Å². The molecule has 1 aromatic heterocycles. The molecule has 1 aromatic rings. The Morgan fingerprint density at radius 1 is 1.38 bits per heavy atom. The smallest absolute Gasteiger partial charge is 0.239 e. The van der Waals surface area contributed by atoms with Gasteiger partial charge in [-0.05, 0) is 33.8 Å². The summed E-state index contributed by atoms with van der Waals surface area (Å²) in [4.78, 5) is 14.4. The maximum atomic E-state index is 12.5. The first-order valence-corrected chi connectivity index (χ1v) is 7.63. The molecule has 1 amide bonds. The van der Waals surface area contributed by atoms with Crippen molar-refractivity contribution in [1.29, 1.82) is 0 Å². The van der Waals surface area contributed by atoms with Gasteiger partial charge in [-0.15, -0.1) is 0 Å². The Kier molecular flexibility index (Phi) is 5.36. The van der Waals surface area contributed by atoms with Crippen LogP contribution in [0.1, 0.15) is 27.7 Å². The molecule has 4 atom stereocenters. The Morgan fingerprint density at radius 2 is 2.05 bits per heavy atom. The number of carbonyl (C=O) groups excluding carboxylic acids is 1. The van der Waals surface area contributed by atoms with Gasteiger partial charge in [-0.1, -0.05) is 0 Å². The Labute approximate surface area is 126 Å². The lowest BCUT2D eigenvalue weighted by Crippen LogP contribution is -2.54. The van der Waals surface area contributed by atoms with Crippen molar-refractivity contribution >= 4 is 5.91 Å². The largest absolute Gasteiger partial charge is 0.372 e. The Hall–Kier alpha value is -1.40. The lowest BCUT2D eigenvalue weighted by molar-refractivity contribution is -0.145. The minimum absolute atomic E-state index is 0.103. The quantitative estimate of drug-likeness (QED) is 0.876. The van der Waals surface area contributed by atoms with E-state index in [1.54, 1.807) is 6.20 Å². The number of morpholine rings is 1. The van der Waals surface area contributed by atoms with E-state index < -0.39 is 0 Å². The summed E-state index contributed by atoms with van der Waals surface area (Å²) >= 11 is 0. The number of nitrogens with zero attached hydrogens (tertiary/aromatic N) is 3. The molecule has 6 heteroatoms. The van der Waals surface area contributed by atoms with Crippen molar-refractivity contribution in [2.45, 2.75) is 58.5 Å². The average Bonchev–Trinajstić information content (AvgIpc) is 2.89. The maximum absolute atomic E-state index is 12.5. The van der Waals surface area contributed by atoms with E-state index in [9.17, 15) is 4.79 Å². The van der Waals surface area contributed by atoms with E-state index in [4.69, 9.17) is 4.74 Å². The molecule has 0 bridgehead atoms. The van der Waals surface area contributed by atoms with Gasteiger partial charge in [0, 0.05) is 31.5 Å². The van der Waals surface area contributed by atoms with Gasteiger partial charge in [0.25, 0.3) is 0 Å². The fourth-order valence-corrected chi connectivity index (χ4v) is 2.87. The Bertz CT molecular complexity index is 439. The fourth-order valence-electron chi connectivity index (χ4n) is 2.87. The van der Waals surface area contributed by atoms with Gasteiger partial charge in [-0.2, -0.15) is 5.10 Å². The SMILES string of the molecule is CC(Cn1cccn1)NC(C)C(=O)N1CC(C)OC(C)C1. The first-order valence-electron chi connectivity index (χ1n) is 7.63. The zero-order chi connectivity index (χ0) is 15.4. The molecule has 118 valence electrons. The molecule has 0 radical (unpaired) electrons. The Balaban J connectivity index is 1.84. The van der Waals surface area contributed by atoms with Crippen LogP contribution in [0.3, 0.4) is 0 Å². The summed E-state index contributed by atoms with van der Waals surface area (Å²) < 4.78 is 7.54. The fraction of sp³-hybridized carbons (Fsp3) is 0.733. The molecule has 1 aliphatic heterocycles. The van der Waals surface area contributed by atoms with E-state index in [2.05, 4.69) is 17.3 Å². The predicted molar refractivity (Wildman–Crippen MR) is 80.9 cm³/mol. The molecule has 1 N–H and O–H groups in total. The zero-order valence-electron chi connectivity index (χ0n) is 13.3. The van der Waals surface area contributed by atoms with Crippen LogP contribution < -0.4 is 5.32 Å². The summed E-state index contributed by atoms with van der Waals surface area (Å²) in [6.07, 6.45) is 3.89. The van der Waals surface area contributed by atoms with Gasteiger partial charge in [0.1, 0.15) is 0 Å². The number of nitrogens with one attached hydrogen (secondary N) is 1. The summed E-state index contributed by atoms with van der Waals surface area (Å²) in [5.74, 6) is 0.143. The van der Waals surface area contributed by atoms with Crippen LogP contribution in [0.4, 0.5) is 0 Å². The van der Waals surface area contributed by atoms with E-state index in [0.717, 1.165) is 6.54 Å². The summed E-state index contributed by atoms with van der Waals surface area (Å²) in [6.45, 7) is 10.1. The molecule has 4 unspecified atom stereocenters. The molecule has 0 aromatic carbocycles. The van der Waals surface area contributed by atoms with E-state index in [0.29, 0.717) is 13.1 Å². The predicted octanol–water partition coefficient (Wildman–Crippen LogP) is 0.885. The second kappa shape index (κ2) is 7.04. The summed E-state index contributed by atoms with van der Waals surface area (Å²) in [6, 6.07) is 1.88. The number of aromatic nitrogens is 2. The van der Waals surface area contributed by atoms with E-state index in [-0.39, 0.29) is 30.2 Å². The Morgan fingerprint density at radius 3 is 2.62 bits per heavy atom. The van der Waals surface area contributed by atoms with Crippen LogP contribution >= 0.6 is 0 Å². The highest BCUT2D eigenvalue weighted by Gasteiger charge is 2.29. The first kappa shape index (κ1) is 16.0. The number of carbonyl (C=O) groups is 1. The topological polar surface area (TPSA) is 59.4 Å². The van der Waals surface area contributed by atoms with Crippen LogP contribution in [0.25, 0.3) is 0 Å². The van der Waals surface area contributed by atoms with Gasteiger partial charge in [-0.25, -0.2) is 0 Å². The standard InChI is InChI=1S/C15H26N4O2/c1-11(8-19-7-5-6-16-19)17-14(4)15(20)18-9-12(2)21-13(3)10-18/h5-7,11-14,17H,8-10H2,1-4H3. The number of rotatable bonds is 5. The highest BCUT2D eigenvalue weighted by Crippen LogP contribution is 2.12.